The van der Waals surface area contributed by atoms with Crippen LogP contribution < -0.4 is 5.32 Å². The van der Waals surface area contributed by atoms with Crippen molar-refractivity contribution in [1.82, 2.24) is 49.6 Å². The van der Waals surface area contributed by atoms with Crippen molar-refractivity contribution in [2.24, 2.45) is 0 Å². The van der Waals surface area contributed by atoms with Crippen LogP contribution in [0.5, 0.6) is 0 Å². The largest absolute Gasteiger partial charge is 0.335 e. The number of likely N-dealkylation sites (tertiary alicyclic amines) is 2. The number of carbonyl (C=O) groups excluding carboxylic acids is 5. The van der Waals surface area contributed by atoms with Gasteiger partial charge in [0.15, 0.2) is 10.0 Å². The van der Waals surface area contributed by atoms with Crippen molar-refractivity contribution >= 4 is 52.6 Å². The number of benzene rings is 4. The van der Waals surface area contributed by atoms with E-state index in [1.807, 2.05) is 60.7 Å². The molecule has 0 spiro atoms. The minimum Gasteiger partial charge on any atom is -0.335 e. The lowest BCUT2D eigenvalue weighted by Crippen LogP contribution is -2.64. The van der Waals surface area contributed by atoms with Crippen LogP contribution in [-0.4, -0.2) is 178 Å². The molecule has 4 saturated heterocycles. The van der Waals surface area contributed by atoms with Crippen LogP contribution in [-0.2, 0) is 32.5 Å². The van der Waals surface area contributed by atoms with E-state index in [0.717, 1.165) is 147 Å². The Labute approximate surface area is 435 Å². The van der Waals surface area contributed by atoms with Crippen LogP contribution in [0.4, 0.5) is 0 Å². The summed E-state index contributed by atoms with van der Waals surface area (Å²) < 4.78 is 0. The third-order valence-corrected chi connectivity index (χ3v) is 16.4. The Kier molecular flexibility index (Phi) is 16.2. The highest BCUT2D eigenvalue weighted by atomic mass is 32.1. The average molecular weight is 1020 g/mol. The molecule has 8 heterocycles. The van der Waals surface area contributed by atoms with Crippen molar-refractivity contribution in [3.63, 3.8) is 0 Å². The summed E-state index contributed by atoms with van der Waals surface area (Å²) in [7, 11) is 0. The van der Waals surface area contributed by atoms with E-state index < -0.39 is 0 Å². The number of nitrogens with one attached hydrogen (secondary N) is 1. The summed E-state index contributed by atoms with van der Waals surface area (Å²) in [5.41, 5.74) is 8.93. The first-order chi connectivity index (χ1) is 35.8. The quantitative estimate of drug-likeness (QED) is 0.182. The Balaban J connectivity index is 0.000000148. The van der Waals surface area contributed by atoms with Crippen LogP contribution >= 0.6 is 22.7 Å². The second-order valence-electron chi connectivity index (χ2n) is 19.4. The van der Waals surface area contributed by atoms with Crippen molar-refractivity contribution in [2.75, 3.05) is 91.6 Å². The van der Waals surface area contributed by atoms with Gasteiger partial charge in [-0.3, -0.25) is 38.7 Å². The van der Waals surface area contributed by atoms with Crippen LogP contribution in [0.2, 0.25) is 0 Å². The lowest BCUT2D eigenvalue weighted by molar-refractivity contribution is 0.00805. The van der Waals surface area contributed by atoms with Gasteiger partial charge in [0.1, 0.15) is 6.29 Å². The topological polar surface area (TPSA) is 146 Å². The number of fused-ring (bicyclic) bond motifs is 2. The molecule has 0 atom stereocenters. The third kappa shape index (κ3) is 12.2. The van der Waals surface area contributed by atoms with Crippen LogP contribution in [0.1, 0.15) is 78.5 Å². The molecule has 2 aromatic heterocycles. The molecular weight excluding hydrogens is 957 g/mol. The van der Waals surface area contributed by atoms with Crippen molar-refractivity contribution < 1.29 is 24.0 Å². The normalized spacial score (nSPS) is 18.4. The molecule has 6 aliphatic rings. The molecule has 6 aliphatic heterocycles. The van der Waals surface area contributed by atoms with Gasteiger partial charge in [-0.2, -0.15) is 0 Å². The maximum atomic E-state index is 13.2. The van der Waals surface area contributed by atoms with E-state index in [1.165, 1.54) is 50.5 Å². The van der Waals surface area contributed by atoms with E-state index in [-0.39, 0.29) is 23.6 Å². The maximum absolute atomic E-state index is 13.2. The molecule has 0 aliphatic carbocycles. The minimum absolute atomic E-state index is 0.0330. The average Bonchev–Trinajstić information content (AvgIpc) is 4.18. The van der Waals surface area contributed by atoms with E-state index in [4.69, 9.17) is 0 Å². The highest BCUT2D eigenvalue weighted by Crippen LogP contribution is 2.27. The molecule has 4 fully saturated rings. The van der Waals surface area contributed by atoms with Gasteiger partial charge in [-0.15, -0.1) is 22.7 Å². The number of piperazine rings is 2. The van der Waals surface area contributed by atoms with Crippen LogP contribution in [0.15, 0.2) is 120 Å². The van der Waals surface area contributed by atoms with Gasteiger partial charge in [-0.25, -0.2) is 9.97 Å². The van der Waals surface area contributed by atoms with E-state index >= 15 is 0 Å². The van der Waals surface area contributed by atoms with Crippen molar-refractivity contribution in [1.29, 1.82) is 0 Å². The predicted molar refractivity (Wildman–Crippen MR) is 283 cm³/mol. The molecule has 1 N–H and O–H groups in total. The summed E-state index contributed by atoms with van der Waals surface area (Å²) in [5.74, 6) is 0.344. The van der Waals surface area contributed by atoms with Crippen molar-refractivity contribution in [3.05, 3.63) is 175 Å². The molecule has 4 aromatic carbocycles. The van der Waals surface area contributed by atoms with Crippen LogP contribution in [0.25, 0.3) is 0 Å². The standard InChI is InChI=1S/C28H31N5O2S.C21H25N5O2S.C7H6O/c34-27(23-6-7-24-18-30(10-8-22(24)16-23)17-21-4-2-1-3-5-21)33-19-25(20-33)31-11-13-32(14-12-31)28(35)26-29-9-15-36-26;27-20(16-1-2-17-12-22-4-3-15(17)11-16)26-13-18(14-26)24-6-8-25(9-7-24)21(28)19-23-5-10-29-19;8-6-7-4-2-1-3-5-7/h1-7,9,15-16,25H,8,10-14,17-20H2;1-2,5,10-11,18,22H,3-4,6-9,12-14H2;1-6H. The number of hydrogen-bond donors (Lipinski definition) is 1. The Morgan fingerprint density at radius 3 is 1.55 bits per heavy atom. The van der Waals surface area contributed by atoms with Crippen LogP contribution in [0.3, 0.4) is 0 Å². The Morgan fingerprint density at radius 2 is 1.05 bits per heavy atom. The zero-order chi connectivity index (χ0) is 50.1. The fraction of sp³-hybridized carbons (Fsp3) is 0.375. The molecule has 0 radical (unpaired) electrons. The number of rotatable bonds is 9. The Bertz CT molecular complexity index is 2820. The fourth-order valence-corrected chi connectivity index (χ4v) is 11.6. The number of aromatic nitrogens is 2. The molecule has 17 heteroatoms. The first kappa shape index (κ1) is 50.1. The smallest absolute Gasteiger partial charge is 0.282 e. The maximum Gasteiger partial charge on any atom is 0.282 e. The number of thiazole rings is 2. The molecule has 73 heavy (non-hydrogen) atoms. The number of aldehydes is 1. The second kappa shape index (κ2) is 23.6. The number of hydrogen-bond acceptors (Lipinski definition) is 13. The Morgan fingerprint density at radius 1 is 0.548 bits per heavy atom. The molecule has 15 nitrogen and oxygen atoms in total. The molecule has 12 rings (SSSR count). The van der Waals surface area contributed by atoms with Crippen molar-refractivity contribution in [3.8, 4) is 0 Å². The molecule has 0 unspecified atom stereocenters. The molecule has 378 valence electrons. The minimum atomic E-state index is 0.0330. The highest BCUT2D eigenvalue weighted by Gasteiger charge is 2.39. The zero-order valence-electron chi connectivity index (χ0n) is 41.1. The number of carbonyl (C=O) groups is 5. The lowest BCUT2D eigenvalue weighted by atomic mass is 9.95. The highest BCUT2D eigenvalue weighted by molar-refractivity contribution is 7.11. The summed E-state index contributed by atoms with van der Waals surface area (Å²) in [6, 6.07) is 32.9. The first-order valence-corrected chi connectivity index (χ1v) is 27.2. The monoisotopic (exact) mass is 1020 g/mol. The molecular formula is C56H62N10O5S2. The summed E-state index contributed by atoms with van der Waals surface area (Å²) in [6.07, 6.45) is 6.16. The van der Waals surface area contributed by atoms with E-state index in [2.05, 4.69) is 84.6 Å². The van der Waals surface area contributed by atoms with Gasteiger partial charge in [-0.1, -0.05) is 72.8 Å². The molecule has 0 bridgehead atoms. The fourth-order valence-electron chi connectivity index (χ4n) is 10.4. The molecule has 4 amide bonds. The van der Waals surface area contributed by atoms with Crippen LogP contribution in [0, 0.1) is 0 Å². The second-order valence-corrected chi connectivity index (χ2v) is 21.2. The number of amides is 4. The van der Waals surface area contributed by atoms with Crippen molar-refractivity contribution in [2.45, 2.75) is 44.6 Å². The predicted octanol–water partition coefficient (Wildman–Crippen LogP) is 5.55. The SMILES string of the molecule is O=C(c1ccc2c(c1)CCN(Cc1ccccc1)C2)N1CC(N2CCN(C(=O)c3nccs3)CC2)C1.O=C(c1ccc2c(c1)CCNC2)N1CC(N2CCN(C(=O)c3nccs3)CC2)C1.O=Cc1ccccc1. The first-order valence-electron chi connectivity index (χ1n) is 25.4. The van der Waals surface area contributed by atoms with Gasteiger partial charge in [0, 0.05) is 157 Å². The number of nitrogens with zero attached hydrogens (tertiary/aromatic N) is 9. The summed E-state index contributed by atoms with van der Waals surface area (Å²) >= 11 is 2.79. The van der Waals surface area contributed by atoms with E-state index in [1.54, 1.807) is 24.5 Å². The van der Waals surface area contributed by atoms with E-state index in [9.17, 15) is 24.0 Å². The van der Waals surface area contributed by atoms with Gasteiger partial charge in [-0.05, 0) is 71.5 Å². The van der Waals surface area contributed by atoms with Gasteiger partial charge in [0.2, 0.25) is 0 Å². The van der Waals surface area contributed by atoms with Gasteiger partial charge >= 0.3 is 0 Å². The Hall–Kier alpha value is -6.47. The van der Waals surface area contributed by atoms with E-state index in [0.29, 0.717) is 22.1 Å². The molecule has 0 saturated carbocycles. The summed E-state index contributed by atoms with van der Waals surface area (Å²) in [6.45, 7) is 14.2. The van der Waals surface area contributed by atoms with Gasteiger partial charge in [0.05, 0.1) is 0 Å². The summed E-state index contributed by atoms with van der Waals surface area (Å²) in [4.78, 5) is 84.2. The summed E-state index contributed by atoms with van der Waals surface area (Å²) in [5, 5.41) is 8.18. The molecule has 6 aromatic rings. The lowest BCUT2D eigenvalue weighted by Gasteiger charge is -2.48. The third-order valence-electron chi connectivity index (χ3n) is 14.8. The van der Waals surface area contributed by atoms with Gasteiger partial charge in [0.25, 0.3) is 23.6 Å². The zero-order valence-corrected chi connectivity index (χ0v) is 42.7. The van der Waals surface area contributed by atoms with Gasteiger partial charge < -0.3 is 24.9 Å².